The molecule has 0 aliphatic carbocycles. The number of piperazine rings is 1. The Bertz CT molecular complexity index is 438. The van der Waals surface area contributed by atoms with Crippen LogP contribution in [0, 0.1) is 0 Å². The van der Waals surface area contributed by atoms with Gasteiger partial charge >= 0.3 is 0 Å². The van der Waals surface area contributed by atoms with Gasteiger partial charge < -0.3 is 15.0 Å². The van der Waals surface area contributed by atoms with E-state index >= 15 is 0 Å². The highest BCUT2D eigenvalue weighted by Gasteiger charge is 2.25. The SMILES string of the molecule is COCc1cccc(C(=O)N2C[C@H](C)N[C@@H](C)C2)c1. The van der Waals surface area contributed by atoms with Gasteiger partial charge in [0.15, 0.2) is 0 Å². The van der Waals surface area contributed by atoms with Gasteiger partial charge in [0.05, 0.1) is 6.61 Å². The maximum atomic E-state index is 12.5. The summed E-state index contributed by atoms with van der Waals surface area (Å²) in [6.45, 7) is 6.28. The minimum absolute atomic E-state index is 0.109. The van der Waals surface area contributed by atoms with Crippen molar-refractivity contribution < 1.29 is 9.53 Å². The Kier molecular flexibility index (Phi) is 4.56. The van der Waals surface area contributed by atoms with Gasteiger partial charge in [0, 0.05) is 37.8 Å². The van der Waals surface area contributed by atoms with Crippen LogP contribution in [0.1, 0.15) is 29.8 Å². The van der Waals surface area contributed by atoms with Crippen molar-refractivity contribution in [3.8, 4) is 0 Å². The number of hydrogen-bond donors (Lipinski definition) is 1. The van der Waals surface area contributed by atoms with E-state index in [1.165, 1.54) is 0 Å². The molecule has 0 spiro atoms. The van der Waals surface area contributed by atoms with Crippen LogP contribution in [-0.2, 0) is 11.3 Å². The summed E-state index contributed by atoms with van der Waals surface area (Å²) in [6, 6.07) is 8.37. The fourth-order valence-electron chi connectivity index (χ4n) is 2.64. The van der Waals surface area contributed by atoms with Crippen LogP contribution in [0.3, 0.4) is 0 Å². The highest BCUT2D eigenvalue weighted by Crippen LogP contribution is 2.12. The first-order chi connectivity index (χ1) is 9.10. The lowest BCUT2D eigenvalue weighted by molar-refractivity contribution is 0.0673. The summed E-state index contributed by atoms with van der Waals surface area (Å²) in [5.74, 6) is 0.109. The van der Waals surface area contributed by atoms with Crippen molar-refractivity contribution >= 4 is 5.91 Å². The highest BCUT2D eigenvalue weighted by molar-refractivity contribution is 5.94. The van der Waals surface area contributed by atoms with Gasteiger partial charge in [0.25, 0.3) is 5.91 Å². The van der Waals surface area contributed by atoms with E-state index < -0.39 is 0 Å². The fourth-order valence-corrected chi connectivity index (χ4v) is 2.64. The Morgan fingerprint density at radius 3 is 2.68 bits per heavy atom. The van der Waals surface area contributed by atoms with Crippen molar-refractivity contribution in [2.45, 2.75) is 32.5 Å². The molecule has 104 valence electrons. The van der Waals surface area contributed by atoms with Gasteiger partial charge in [-0.3, -0.25) is 4.79 Å². The zero-order valence-electron chi connectivity index (χ0n) is 11.8. The molecule has 0 saturated carbocycles. The number of ether oxygens (including phenoxy) is 1. The first kappa shape index (κ1) is 14.0. The van der Waals surface area contributed by atoms with Crippen LogP contribution >= 0.6 is 0 Å². The van der Waals surface area contributed by atoms with Crippen LogP contribution < -0.4 is 5.32 Å². The van der Waals surface area contributed by atoms with E-state index in [0.29, 0.717) is 18.7 Å². The lowest BCUT2D eigenvalue weighted by Crippen LogP contribution is -2.55. The topological polar surface area (TPSA) is 41.6 Å². The number of methoxy groups -OCH3 is 1. The molecule has 0 aromatic heterocycles. The third-order valence-corrected chi connectivity index (χ3v) is 3.33. The maximum Gasteiger partial charge on any atom is 0.253 e. The van der Waals surface area contributed by atoms with Crippen molar-refractivity contribution in [2.24, 2.45) is 0 Å². The van der Waals surface area contributed by atoms with Crippen LogP contribution in [0.15, 0.2) is 24.3 Å². The minimum Gasteiger partial charge on any atom is -0.380 e. The number of hydrogen-bond acceptors (Lipinski definition) is 3. The zero-order valence-corrected chi connectivity index (χ0v) is 11.8. The number of benzene rings is 1. The molecule has 4 nitrogen and oxygen atoms in total. The molecule has 1 heterocycles. The smallest absolute Gasteiger partial charge is 0.253 e. The molecule has 1 amide bonds. The molecule has 1 aromatic carbocycles. The minimum atomic E-state index is 0.109. The van der Waals surface area contributed by atoms with Gasteiger partial charge in [-0.25, -0.2) is 0 Å². The molecule has 4 heteroatoms. The summed E-state index contributed by atoms with van der Waals surface area (Å²) in [5.41, 5.74) is 1.78. The fraction of sp³-hybridized carbons (Fsp3) is 0.533. The molecular formula is C15H22N2O2. The number of rotatable bonds is 3. The molecule has 1 aliphatic heterocycles. The number of nitrogens with zero attached hydrogens (tertiary/aromatic N) is 1. The van der Waals surface area contributed by atoms with Gasteiger partial charge in [-0.1, -0.05) is 12.1 Å². The van der Waals surface area contributed by atoms with Crippen molar-refractivity contribution in [1.29, 1.82) is 0 Å². The van der Waals surface area contributed by atoms with E-state index in [9.17, 15) is 4.79 Å². The van der Waals surface area contributed by atoms with Crippen LogP contribution in [0.4, 0.5) is 0 Å². The lowest BCUT2D eigenvalue weighted by Gasteiger charge is -2.36. The predicted molar refractivity (Wildman–Crippen MR) is 75.1 cm³/mol. The van der Waals surface area contributed by atoms with Gasteiger partial charge in [-0.2, -0.15) is 0 Å². The molecule has 2 atom stereocenters. The summed E-state index contributed by atoms with van der Waals surface area (Å²) < 4.78 is 5.11. The monoisotopic (exact) mass is 262 g/mol. The molecule has 1 aromatic rings. The Hall–Kier alpha value is -1.39. The number of carbonyl (C=O) groups excluding carboxylic acids is 1. The van der Waals surface area contributed by atoms with Crippen LogP contribution in [-0.4, -0.2) is 43.1 Å². The first-order valence-corrected chi connectivity index (χ1v) is 6.73. The van der Waals surface area contributed by atoms with Gasteiger partial charge in [0.2, 0.25) is 0 Å². The van der Waals surface area contributed by atoms with Gasteiger partial charge in [0.1, 0.15) is 0 Å². The first-order valence-electron chi connectivity index (χ1n) is 6.73. The van der Waals surface area contributed by atoms with E-state index in [2.05, 4.69) is 19.2 Å². The third-order valence-electron chi connectivity index (χ3n) is 3.33. The van der Waals surface area contributed by atoms with Crippen LogP contribution in [0.2, 0.25) is 0 Å². The summed E-state index contributed by atoms with van der Waals surface area (Å²) >= 11 is 0. The van der Waals surface area contributed by atoms with Crippen LogP contribution in [0.25, 0.3) is 0 Å². The van der Waals surface area contributed by atoms with Crippen molar-refractivity contribution in [3.05, 3.63) is 35.4 Å². The van der Waals surface area contributed by atoms with Gasteiger partial charge in [-0.15, -0.1) is 0 Å². The second-order valence-corrected chi connectivity index (χ2v) is 5.31. The molecular weight excluding hydrogens is 240 g/mol. The second-order valence-electron chi connectivity index (χ2n) is 5.31. The highest BCUT2D eigenvalue weighted by atomic mass is 16.5. The average molecular weight is 262 g/mol. The molecule has 1 saturated heterocycles. The number of amides is 1. The van der Waals surface area contributed by atoms with E-state index in [1.807, 2.05) is 29.2 Å². The Morgan fingerprint density at radius 1 is 1.37 bits per heavy atom. The molecule has 0 unspecified atom stereocenters. The van der Waals surface area contributed by atoms with Crippen molar-refractivity contribution in [2.75, 3.05) is 20.2 Å². The Labute approximate surface area is 114 Å². The Balaban J connectivity index is 2.12. The average Bonchev–Trinajstić information content (AvgIpc) is 2.37. The summed E-state index contributed by atoms with van der Waals surface area (Å²) in [4.78, 5) is 14.4. The molecule has 1 fully saturated rings. The van der Waals surface area contributed by atoms with Crippen molar-refractivity contribution in [3.63, 3.8) is 0 Å². The molecule has 0 radical (unpaired) electrons. The van der Waals surface area contributed by atoms with E-state index in [4.69, 9.17) is 4.74 Å². The molecule has 1 aliphatic rings. The normalized spacial score (nSPS) is 23.4. The summed E-state index contributed by atoms with van der Waals surface area (Å²) in [6.07, 6.45) is 0. The largest absolute Gasteiger partial charge is 0.380 e. The van der Waals surface area contributed by atoms with Crippen LogP contribution in [0.5, 0.6) is 0 Å². The Morgan fingerprint density at radius 2 is 2.05 bits per heavy atom. The summed E-state index contributed by atoms with van der Waals surface area (Å²) in [5, 5.41) is 3.43. The summed E-state index contributed by atoms with van der Waals surface area (Å²) in [7, 11) is 1.66. The standard InChI is InChI=1S/C15H22N2O2/c1-11-8-17(9-12(2)16-11)15(18)14-6-4-5-13(7-14)10-19-3/h4-7,11-12,16H,8-10H2,1-3H3/t11-,12-/m0/s1. The maximum absolute atomic E-state index is 12.5. The van der Waals surface area contributed by atoms with E-state index in [-0.39, 0.29) is 5.91 Å². The quantitative estimate of drug-likeness (QED) is 0.900. The second kappa shape index (κ2) is 6.17. The third kappa shape index (κ3) is 3.55. The van der Waals surface area contributed by atoms with E-state index in [1.54, 1.807) is 7.11 Å². The predicted octanol–water partition coefficient (Wildman–Crippen LogP) is 1.66. The number of nitrogens with one attached hydrogen (secondary N) is 1. The lowest BCUT2D eigenvalue weighted by atomic mass is 10.1. The van der Waals surface area contributed by atoms with Crippen molar-refractivity contribution in [1.82, 2.24) is 10.2 Å². The van der Waals surface area contributed by atoms with Gasteiger partial charge in [-0.05, 0) is 31.5 Å². The molecule has 19 heavy (non-hydrogen) atoms. The molecule has 1 N–H and O–H groups in total. The molecule has 2 rings (SSSR count). The number of carbonyl (C=O) groups is 1. The van der Waals surface area contributed by atoms with E-state index in [0.717, 1.165) is 24.2 Å². The zero-order chi connectivity index (χ0) is 13.8. The molecule has 0 bridgehead atoms.